The lowest BCUT2D eigenvalue weighted by atomic mass is 10.2. The SMILES string of the molecule is CCOC(=O)c1ccc(NCCCCCC[Si](C)(C)C)cc1. The maximum absolute atomic E-state index is 11.5. The molecule has 0 atom stereocenters. The number of hydrogen-bond donors (Lipinski definition) is 1. The molecule has 124 valence electrons. The van der Waals surface area contributed by atoms with E-state index in [-0.39, 0.29) is 5.97 Å². The third kappa shape index (κ3) is 8.22. The van der Waals surface area contributed by atoms with Crippen molar-refractivity contribution in [2.75, 3.05) is 18.5 Å². The summed E-state index contributed by atoms with van der Waals surface area (Å²) in [4.78, 5) is 11.5. The van der Waals surface area contributed by atoms with Gasteiger partial charge < -0.3 is 10.1 Å². The fourth-order valence-corrected chi connectivity index (χ4v) is 3.62. The first-order valence-electron chi connectivity index (χ1n) is 8.43. The van der Waals surface area contributed by atoms with Crippen LogP contribution in [0.4, 0.5) is 5.69 Å². The molecule has 1 aromatic carbocycles. The van der Waals surface area contributed by atoms with Crippen molar-refractivity contribution in [3.63, 3.8) is 0 Å². The number of carbonyl (C=O) groups is 1. The summed E-state index contributed by atoms with van der Waals surface area (Å²) < 4.78 is 4.97. The van der Waals surface area contributed by atoms with Crippen LogP contribution in [0.25, 0.3) is 0 Å². The monoisotopic (exact) mass is 321 g/mol. The Morgan fingerprint density at radius 2 is 1.68 bits per heavy atom. The fourth-order valence-electron chi connectivity index (χ4n) is 2.31. The topological polar surface area (TPSA) is 38.3 Å². The maximum Gasteiger partial charge on any atom is 0.338 e. The van der Waals surface area contributed by atoms with Crippen molar-refractivity contribution < 1.29 is 9.53 Å². The molecule has 0 heterocycles. The largest absolute Gasteiger partial charge is 0.462 e. The molecule has 0 unspecified atom stereocenters. The van der Waals surface area contributed by atoms with E-state index in [4.69, 9.17) is 4.74 Å². The van der Waals surface area contributed by atoms with E-state index in [9.17, 15) is 4.79 Å². The molecule has 0 saturated heterocycles. The van der Waals surface area contributed by atoms with Crippen LogP contribution in [-0.2, 0) is 4.74 Å². The Morgan fingerprint density at radius 1 is 1.05 bits per heavy atom. The standard InChI is InChI=1S/C18H31NO2Si/c1-5-21-18(20)16-10-12-17(13-11-16)19-14-8-6-7-9-15-22(2,3)4/h10-13,19H,5-9,14-15H2,1-4H3. The van der Waals surface area contributed by atoms with Gasteiger partial charge >= 0.3 is 5.97 Å². The molecule has 0 fully saturated rings. The minimum absolute atomic E-state index is 0.253. The average Bonchev–Trinajstić information content (AvgIpc) is 2.46. The zero-order chi connectivity index (χ0) is 16.4. The third-order valence-electron chi connectivity index (χ3n) is 3.58. The van der Waals surface area contributed by atoms with Gasteiger partial charge in [-0.1, -0.05) is 44.9 Å². The Balaban J connectivity index is 2.16. The molecule has 0 aliphatic rings. The van der Waals surface area contributed by atoms with Crippen LogP contribution in [0, 0.1) is 0 Å². The smallest absolute Gasteiger partial charge is 0.338 e. The highest BCUT2D eigenvalue weighted by Crippen LogP contribution is 2.15. The number of carbonyl (C=O) groups excluding carboxylic acids is 1. The second kappa shape index (κ2) is 9.67. The lowest BCUT2D eigenvalue weighted by molar-refractivity contribution is 0.0526. The Bertz CT molecular complexity index is 437. The Kier molecular flexibility index (Phi) is 8.24. The molecule has 0 bridgehead atoms. The van der Waals surface area contributed by atoms with Crippen molar-refractivity contribution in [3.8, 4) is 0 Å². The van der Waals surface area contributed by atoms with Crippen molar-refractivity contribution in [2.24, 2.45) is 0 Å². The first-order chi connectivity index (χ1) is 10.4. The summed E-state index contributed by atoms with van der Waals surface area (Å²) in [7, 11) is -0.853. The van der Waals surface area contributed by atoms with E-state index in [0.29, 0.717) is 12.2 Å². The molecule has 0 radical (unpaired) electrons. The van der Waals surface area contributed by atoms with Gasteiger partial charge in [0.2, 0.25) is 0 Å². The molecule has 0 amide bonds. The first-order valence-corrected chi connectivity index (χ1v) is 12.1. The quantitative estimate of drug-likeness (QED) is 0.367. The number of rotatable bonds is 10. The van der Waals surface area contributed by atoms with Crippen molar-refractivity contribution >= 4 is 19.7 Å². The number of hydrogen-bond acceptors (Lipinski definition) is 3. The van der Waals surface area contributed by atoms with Gasteiger partial charge in [-0.25, -0.2) is 4.79 Å². The number of anilines is 1. The molecule has 3 nitrogen and oxygen atoms in total. The van der Waals surface area contributed by atoms with Gasteiger partial charge in [0.05, 0.1) is 12.2 Å². The van der Waals surface area contributed by atoms with Gasteiger partial charge in [-0.05, 0) is 37.6 Å². The summed E-state index contributed by atoms with van der Waals surface area (Å²) in [5, 5.41) is 3.41. The van der Waals surface area contributed by atoms with E-state index in [1.807, 2.05) is 31.2 Å². The second-order valence-corrected chi connectivity index (χ2v) is 12.6. The minimum Gasteiger partial charge on any atom is -0.462 e. The van der Waals surface area contributed by atoms with Crippen molar-refractivity contribution in [3.05, 3.63) is 29.8 Å². The predicted octanol–water partition coefficient (Wildman–Crippen LogP) is 5.17. The minimum atomic E-state index is -0.853. The highest BCUT2D eigenvalue weighted by atomic mass is 28.3. The number of benzene rings is 1. The van der Waals surface area contributed by atoms with E-state index in [1.54, 1.807) is 0 Å². The van der Waals surface area contributed by atoms with E-state index >= 15 is 0 Å². The third-order valence-corrected chi connectivity index (χ3v) is 5.43. The summed E-state index contributed by atoms with van der Waals surface area (Å²) >= 11 is 0. The molecular weight excluding hydrogens is 290 g/mol. The molecule has 0 saturated carbocycles. The average molecular weight is 322 g/mol. The predicted molar refractivity (Wildman–Crippen MR) is 97.5 cm³/mol. The Hall–Kier alpha value is -1.29. The molecule has 1 rings (SSSR count). The molecule has 1 aromatic rings. The molecular formula is C18H31NO2Si. The molecule has 0 spiro atoms. The summed E-state index contributed by atoms with van der Waals surface area (Å²) in [5.74, 6) is -0.253. The lowest BCUT2D eigenvalue weighted by Crippen LogP contribution is -2.18. The summed E-state index contributed by atoms with van der Waals surface area (Å²) in [5.41, 5.74) is 1.67. The Morgan fingerprint density at radius 3 is 2.27 bits per heavy atom. The van der Waals surface area contributed by atoms with Gasteiger partial charge in [0, 0.05) is 20.3 Å². The van der Waals surface area contributed by atoms with Crippen LogP contribution in [0.1, 0.15) is 43.0 Å². The molecule has 0 aromatic heterocycles. The van der Waals surface area contributed by atoms with E-state index in [0.717, 1.165) is 12.2 Å². The van der Waals surface area contributed by atoms with Crippen molar-refractivity contribution in [1.29, 1.82) is 0 Å². The van der Waals surface area contributed by atoms with Gasteiger partial charge in [-0.15, -0.1) is 0 Å². The normalized spacial score (nSPS) is 11.3. The van der Waals surface area contributed by atoms with Gasteiger partial charge in [-0.2, -0.15) is 0 Å². The molecule has 0 aliphatic carbocycles. The van der Waals surface area contributed by atoms with Gasteiger partial charge in [0.15, 0.2) is 0 Å². The van der Waals surface area contributed by atoms with Crippen molar-refractivity contribution in [2.45, 2.75) is 58.3 Å². The van der Waals surface area contributed by atoms with Crippen LogP contribution >= 0.6 is 0 Å². The van der Waals surface area contributed by atoms with Crippen molar-refractivity contribution in [1.82, 2.24) is 0 Å². The lowest BCUT2D eigenvalue weighted by Gasteiger charge is -2.15. The Labute approximate surface area is 136 Å². The summed E-state index contributed by atoms with van der Waals surface area (Å²) in [6.45, 7) is 10.5. The van der Waals surface area contributed by atoms with Gasteiger partial charge in [-0.3, -0.25) is 0 Å². The van der Waals surface area contributed by atoms with E-state index < -0.39 is 8.07 Å². The first kappa shape index (κ1) is 18.8. The van der Waals surface area contributed by atoms with Crippen LogP contribution < -0.4 is 5.32 Å². The molecule has 0 aliphatic heterocycles. The van der Waals surface area contributed by atoms with E-state index in [1.165, 1.54) is 31.7 Å². The zero-order valence-corrected chi connectivity index (χ0v) is 15.6. The highest BCUT2D eigenvalue weighted by molar-refractivity contribution is 6.76. The molecule has 1 N–H and O–H groups in total. The number of nitrogens with one attached hydrogen (secondary N) is 1. The second-order valence-electron chi connectivity index (χ2n) is 6.95. The summed E-state index contributed by atoms with van der Waals surface area (Å²) in [6, 6.07) is 8.95. The number of esters is 1. The molecule has 22 heavy (non-hydrogen) atoms. The fraction of sp³-hybridized carbons (Fsp3) is 0.611. The van der Waals surface area contributed by atoms with Gasteiger partial charge in [0.1, 0.15) is 0 Å². The maximum atomic E-state index is 11.5. The zero-order valence-electron chi connectivity index (χ0n) is 14.6. The number of unbranched alkanes of at least 4 members (excludes halogenated alkanes) is 3. The van der Waals surface area contributed by atoms with Crippen LogP contribution in [0.15, 0.2) is 24.3 Å². The summed E-state index contributed by atoms with van der Waals surface area (Å²) in [6.07, 6.45) is 5.21. The van der Waals surface area contributed by atoms with Crippen LogP contribution in [-0.4, -0.2) is 27.2 Å². The van der Waals surface area contributed by atoms with Crippen LogP contribution in [0.2, 0.25) is 25.7 Å². The van der Waals surface area contributed by atoms with Gasteiger partial charge in [0.25, 0.3) is 0 Å². The van der Waals surface area contributed by atoms with E-state index in [2.05, 4.69) is 25.0 Å². The molecule has 4 heteroatoms. The highest BCUT2D eigenvalue weighted by Gasteiger charge is 2.11. The van der Waals surface area contributed by atoms with Crippen LogP contribution in [0.3, 0.4) is 0 Å². The van der Waals surface area contributed by atoms with Crippen LogP contribution in [0.5, 0.6) is 0 Å². The number of ether oxygens (including phenoxy) is 1.